The minimum atomic E-state index is -0.0221. The lowest BCUT2D eigenvalue weighted by Crippen LogP contribution is -2.34. The molecule has 9 nitrogen and oxygen atoms in total. The van der Waals surface area contributed by atoms with Gasteiger partial charge in [0.1, 0.15) is 18.5 Å². The fraction of sp³-hybridized carbons (Fsp3) is 0.400. The summed E-state index contributed by atoms with van der Waals surface area (Å²) in [6.07, 6.45) is 3.40. The van der Waals surface area contributed by atoms with Gasteiger partial charge in [0.25, 0.3) is 0 Å². The van der Waals surface area contributed by atoms with Crippen LogP contribution in [0.1, 0.15) is 45.5 Å². The third kappa shape index (κ3) is 6.16. The first-order valence-corrected chi connectivity index (χ1v) is 17.1. The van der Waals surface area contributed by atoms with E-state index in [4.69, 9.17) is 33.2 Å². The molecule has 6 bridgehead atoms. The second-order valence-corrected chi connectivity index (χ2v) is 13.5. The molecule has 49 heavy (non-hydrogen) atoms. The number of benzene rings is 4. The smallest absolute Gasteiger partial charge is 0.204 e. The Bertz CT molecular complexity index is 1860. The molecule has 9 heteroatoms. The van der Waals surface area contributed by atoms with E-state index in [1.807, 2.05) is 6.07 Å². The van der Waals surface area contributed by atoms with Crippen LogP contribution in [0.4, 0.5) is 0 Å². The Morgan fingerprint density at radius 3 is 2.08 bits per heavy atom. The first-order valence-electron chi connectivity index (χ1n) is 17.1. The number of hydrogen-bond donors (Lipinski definition) is 0. The van der Waals surface area contributed by atoms with Crippen molar-refractivity contribution in [2.24, 2.45) is 0 Å². The van der Waals surface area contributed by atoms with Crippen molar-refractivity contribution in [3.63, 3.8) is 0 Å². The molecule has 0 saturated carbocycles. The van der Waals surface area contributed by atoms with Crippen molar-refractivity contribution in [3.8, 4) is 46.0 Å². The van der Waals surface area contributed by atoms with Crippen molar-refractivity contribution < 1.29 is 33.2 Å². The van der Waals surface area contributed by atoms with Crippen LogP contribution >= 0.6 is 0 Å². The molecule has 2 unspecified atom stereocenters. The normalized spacial score (nSPS) is 21.4. The molecule has 5 aliphatic rings. The van der Waals surface area contributed by atoms with E-state index in [0.717, 1.165) is 49.2 Å². The number of rotatable bonds is 6. The lowest BCUT2D eigenvalue weighted by molar-refractivity contribution is 0.214. The largest absolute Gasteiger partial charge is 0.493 e. The van der Waals surface area contributed by atoms with Crippen LogP contribution in [0, 0.1) is 0 Å². The number of nitrogens with zero attached hydrogens (tertiary/aromatic N) is 2. The molecule has 9 rings (SSSR count). The molecular weight excluding hydrogens is 620 g/mol. The second-order valence-electron chi connectivity index (χ2n) is 13.5. The molecule has 0 aromatic heterocycles. The van der Waals surface area contributed by atoms with Crippen LogP contribution in [0.15, 0.2) is 60.7 Å². The van der Waals surface area contributed by atoms with Crippen LogP contribution in [0.25, 0.3) is 0 Å². The molecule has 3 atom stereocenters. The van der Waals surface area contributed by atoms with E-state index < -0.39 is 0 Å². The molecule has 4 aromatic rings. The minimum absolute atomic E-state index is 0.0221. The van der Waals surface area contributed by atoms with Crippen molar-refractivity contribution in [2.45, 2.75) is 43.9 Å². The van der Waals surface area contributed by atoms with Gasteiger partial charge in [-0.3, -0.25) is 9.80 Å². The Hall–Kier alpha value is -4.44. The Kier molecular flexibility index (Phi) is 8.51. The summed E-state index contributed by atoms with van der Waals surface area (Å²) in [5.41, 5.74) is 7.13. The molecule has 5 aliphatic heterocycles. The number of epoxide rings is 1. The van der Waals surface area contributed by atoms with Crippen molar-refractivity contribution >= 4 is 0 Å². The zero-order chi connectivity index (χ0) is 33.6. The van der Waals surface area contributed by atoms with Gasteiger partial charge in [0.2, 0.25) is 5.75 Å². The maximum absolute atomic E-state index is 7.15. The highest BCUT2D eigenvalue weighted by Gasteiger charge is 2.36. The number of hydrogen-bond acceptors (Lipinski definition) is 9. The van der Waals surface area contributed by atoms with E-state index in [1.54, 1.807) is 21.3 Å². The molecule has 0 radical (unpaired) electrons. The van der Waals surface area contributed by atoms with Crippen LogP contribution < -0.4 is 28.4 Å². The quantitative estimate of drug-likeness (QED) is 0.204. The average molecular weight is 665 g/mol. The number of methoxy groups -OCH3 is 3. The SMILES string of the molecule is COc1ccc2cc1Oc1ccc(cc1)CC1c3cc(c(OC)cc3CCN1C)Oc1c(OCC3CO3)c(OC)cc3c1[C@H](C2)N(C)CC3. The van der Waals surface area contributed by atoms with Gasteiger partial charge in [-0.25, -0.2) is 0 Å². The van der Waals surface area contributed by atoms with Gasteiger partial charge >= 0.3 is 0 Å². The Labute approximate surface area is 288 Å². The number of likely N-dealkylation sites (N-methyl/N-ethyl adjacent to an activating group) is 2. The zero-order valence-corrected chi connectivity index (χ0v) is 28.9. The standard InChI is InChI=1S/C40H44N2O7/c1-41-14-12-26-19-34(44-4)36-21-30(26)31(41)16-24-6-9-28(10-7-24)48-35-18-25(8-11-33(35)43-3)17-32-38-27(13-15-42(32)2)20-37(45-5)39(40(38)49-36)47-23-29-22-46-29/h6-11,18-21,29,31-32H,12-17,22-23H2,1-5H3/t29?,31?,32-/m0/s1. The Balaban J connectivity index is 1.35. The van der Waals surface area contributed by atoms with Crippen LogP contribution in [0.3, 0.4) is 0 Å². The maximum atomic E-state index is 7.15. The molecule has 0 N–H and O–H groups in total. The van der Waals surface area contributed by atoms with Crippen molar-refractivity contribution in [1.82, 2.24) is 9.80 Å². The molecule has 1 saturated heterocycles. The van der Waals surface area contributed by atoms with Gasteiger partial charge in [-0.2, -0.15) is 0 Å². The van der Waals surface area contributed by atoms with Gasteiger partial charge in [-0.1, -0.05) is 18.2 Å². The Morgan fingerprint density at radius 2 is 1.35 bits per heavy atom. The first-order chi connectivity index (χ1) is 23.9. The van der Waals surface area contributed by atoms with Crippen LogP contribution in [-0.4, -0.2) is 77.6 Å². The van der Waals surface area contributed by atoms with E-state index in [-0.39, 0.29) is 18.2 Å². The Morgan fingerprint density at radius 1 is 0.694 bits per heavy atom. The molecule has 0 amide bonds. The van der Waals surface area contributed by atoms with Gasteiger partial charge in [0.15, 0.2) is 34.5 Å². The summed E-state index contributed by atoms with van der Waals surface area (Å²) >= 11 is 0. The van der Waals surface area contributed by atoms with E-state index in [0.29, 0.717) is 59.9 Å². The average Bonchev–Trinajstić information content (AvgIpc) is 3.95. The van der Waals surface area contributed by atoms with Gasteiger partial charge in [0.05, 0.1) is 27.9 Å². The second kappa shape index (κ2) is 13.1. The fourth-order valence-corrected chi connectivity index (χ4v) is 7.56. The van der Waals surface area contributed by atoms with Gasteiger partial charge < -0.3 is 33.2 Å². The molecule has 0 aliphatic carbocycles. The molecular formula is C40H44N2O7. The van der Waals surface area contributed by atoms with Gasteiger partial charge in [-0.15, -0.1) is 0 Å². The van der Waals surface area contributed by atoms with E-state index >= 15 is 0 Å². The highest BCUT2D eigenvalue weighted by atomic mass is 16.6. The topological polar surface area (TPSA) is 74.4 Å². The molecule has 5 heterocycles. The van der Waals surface area contributed by atoms with Gasteiger partial charge in [0, 0.05) is 30.7 Å². The lowest BCUT2D eigenvalue weighted by Gasteiger charge is -2.37. The van der Waals surface area contributed by atoms with Crippen molar-refractivity contribution in [3.05, 3.63) is 94.0 Å². The minimum Gasteiger partial charge on any atom is -0.493 e. The summed E-state index contributed by atoms with van der Waals surface area (Å²) in [5, 5.41) is 0. The third-order valence-electron chi connectivity index (χ3n) is 10.5. The van der Waals surface area contributed by atoms with E-state index in [9.17, 15) is 0 Å². The van der Waals surface area contributed by atoms with E-state index in [1.165, 1.54) is 22.3 Å². The molecule has 1 fully saturated rings. The van der Waals surface area contributed by atoms with Gasteiger partial charge in [-0.05, 0) is 110 Å². The summed E-state index contributed by atoms with van der Waals surface area (Å²) in [7, 11) is 9.45. The highest BCUT2D eigenvalue weighted by molar-refractivity contribution is 5.64. The molecule has 0 spiro atoms. The summed E-state index contributed by atoms with van der Waals surface area (Å²) in [6, 6.07) is 21.2. The monoisotopic (exact) mass is 664 g/mol. The van der Waals surface area contributed by atoms with Crippen LogP contribution in [0.2, 0.25) is 0 Å². The number of fused-ring (bicyclic) bond motifs is 2. The predicted octanol–water partition coefficient (Wildman–Crippen LogP) is 6.93. The predicted molar refractivity (Wildman–Crippen MR) is 186 cm³/mol. The number of ether oxygens (including phenoxy) is 7. The van der Waals surface area contributed by atoms with E-state index in [2.05, 4.69) is 78.5 Å². The first kappa shape index (κ1) is 31.8. The summed E-state index contributed by atoms with van der Waals surface area (Å²) < 4.78 is 43.5. The van der Waals surface area contributed by atoms with Crippen LogP contribution in [-0.2, 0) is 30.4 Å². The maximum Gasteiger partial charge on any atom is 0.204 e. The third-order valence-corrected chi connectivity index (χ3v) is 10.5. The van der Waals surface area contributed by atoms with Crippen LogP contribution in [0.5, 0.6) is 46.0 Å². The molecule has 4 aromatic carbocycles. The van der Waals surface area contributed by atoms with Crippen molar-refractivity contribution in [2.75, 3.05) is 61.7 Å². The fourth-order valence-electron chi connectivity index (χ4n) is 7.56. The summed E-state index contributed by atoms with van der Waals surface area (Å²) in [6.45, 7) is 2.94. The lowest BCUT2D eigenvalue weighted by atomic mass is 9.87. The highest BCUT2D eigenvalue weighted by Crippen LogP contribution is 2.52. The van der Waals surface area contributed by atoms with Crippen molar-refractivity contribution in [1.29, 1.82) is 0 Å². The summed E-state index contributed by atoms with van der Waals surface area (Å²) in [5.74, 6) is 5.40. The summed E-state index contributed by atoms with van der Waals surface area (Å²) in [4.78, 5) is 4.83. The zero-order valence-electron chi connectivity index (χ0n) is 28.9. The molecule has 256 valence electrons.